The van der Waals surface area contributed by atoms with Crippen LogP contribution >= 0.6 is 12.4 Å². The predicted octanol–water partition coefficient (Wildman–Crippen LogP) is 5.78. The highest BCUT2D eigenvalue weighted by molar-refractivity contribution is 5.86. The van der Waals surface area contributed by atoms with Crippen molar-refractivity contribution in [1.29, 1.82) is 0 Å². The molecule has 6 heteroatoms. The number of hydrogen-bond acceptors (Lipinski definition) is 4. The zero-order valence-corrected chi connectivity index (χ0v) is 16.7. The molecule has 1 N–H and O–H groups in total. The van der Waals surface area contributed by atoms with Crippen LogP contribution in [0.4, 0.5) is 0 Å². The van der Waals surface area contributed by atoms with E-state index in [1.807, 2.05) is 24.3 Å². The number of carboxylic acid groups (broad SMARTS) is 1. The highest BCUT2D eigenvalue weighted by atomic mass is 35.5. The normalized spacial score (nSPS) is 10.3. The van der Waals surface area contributed by atoms with E-state index in [-0.39, 0.29) is 18.0 Å². The van der Waals surface area contributed by atoms with Crippen molar-refractivity contribution in [3.8, 4) is 17.1 Å². The maximum absolute atomic E-state index is 10.8. The van der Waals surface area contributed by atoms with Gasteiger partial charge in [-0.2, -0.15) is 0 Å². The molecular formula is C21H29ClN2O3. The highest BCUT2D eigenvalue weighted by Gasteiger charge is 2.06. The summed E-state index contributed by atoms with van der Waals surface area (Å²) < 4.78 is 5.77. The maximum atomic E-state index is 10.8. The molecule has 0 aliphatic heterocycles. The van der Waals surface area contributed by atoms with Crippen molar-refractivity contribution in [2.45, 2.75) is 58.3 Å². The lowest BCUT2D eigenvalue weighted by Crippen LogP contribution is -2.00. The Labute approximate surface area is 167 Å². The van der Waals surface area contributed by atoms with Crippen LogP contribution in [0.3, 0.4) is 0 Å². The van der Waals surface area contributed by atoms with Gasteiger partial charge in [0.25, 0.3) is 0 Å². The summed E-state index contributed by atoms with van der Waals surface area (Å²) >= 11 is 0. The zero-order chi connectivity index (χ0) is 18.6. The smallest absolute Gasteiger partial charge is 0.338 e. The van der Waals surface area contributed by atoms with Crippen LogP contribution in [-0.2, 0) is 0 Å². The van der Waals surface area contributed by atoms with E-state index in [0.717, 1.165) is 24.3 Å². The molecule has 0 bridgehead atoms. The van der Waals surface area contributed by atoms with Crippen molar-refractivity contribution in [2.24, 2.45) is 0 Å². The standard InChI is InChI=1S/C21H28N2O3.ClH/c1-2-3-4-5-6-7-8-9-14-26-19-12-10-17(11-13-19)20-22-15-18(16-23-20)21(24)25;/h10-13,15-16H,2-9,14H2,1H3,(H,24,25);1H. The number of benzene rings is 1. The Kier molecular flexibility index (Phi) is 11.1. The number of ether oxygens (including phenoxy) is 1. The third kappa shape index (κ3) is 8.39. The van der Waals surface area contributed by atoms with Crippen LogP contribution in [-0.4, -0.2) is 27.7 Å². The first-order valence-corrected chi connectivity index (χ1v) is 9.49. The Hall–Kier alpha value is -2.14. The quantitative estimate of drug-likeness (QED) is 0.463. The molecule has 1 aromatic carbocycles. The zero-order valence-electron chi connectivity index (χ0n) is 15.9. The molecule has 2 aromatic rings. The van der Waals surface area contributed by atoms with Gasteiger partial charge >= 0.3 is 5.97 Å². The molecule has 0 aliphatic carbocycles. The number of aromatic carboxylic acids is 1. The van der Waals surface area contributed by atoms with Crippen molar-refractivity contribution in [2.75, 3.05) is 6.61 Å². The monoisotopic (exact) mass is 392 g/mol. The van der Waals surface area contributed by atoms with E-state index < -0.39 is 5.97 Å². The van der Waals surface area contributed by atoms with E-state index in [9.17, 15) is 4.79 Å². The fourth-order valence-electron chi connectivity index (χ4n) is 2.71. The lowest BCUT2D eigenvalue weighted by Gasteiger charge is -2.07. The second kappa shape index (κ2) is 13.1. The Morgan fingerprint density at radius 2 is 1.48 bits per heavy atom. The number of halogens is 1. The first kappa shape index (κ1) is 22.9. The minimum Gasteiger partial charge on any atom is -0.494 e. The van der Waals surface area contributed by atoms with Crippen molar-refractivity contribution in [1.82, 2.24) is 9.97 Å². The van der Waals surface area contributed by atoms with E-state index in [2.05, 4.69) is 16.9 Å². The number of unbranched alkanes of at least 4 members (excludes halogenated alkanes) is 7. The van der Waals surface area contributed by atoms with Gasteiger partial charge in [-0.15, -0.1) is 12.4 Å². The third-order valence-corrected chi connectivity index (χ3v) is 4.28. The van der Waals surface area contributed by atoms with Crippen molar-refractivity contribution in [3.05, 3.63) is 42.2 Å². The molecule has 0 fully saturated rings. The fraction of sp³-hybridized carbons (Fsp3) is 0.476. The van der Waals surface area contributed by atoms with Gasteiger partial charge in [-0.05, 0) is 30.7 Å². The number of aromatic nitrogens is 2. The molecule has 0 spiro atoms. The lowest BCUT2D eigenvalue weighted by atomic mass is 10.1. The molecule has 1 aromatic heterocycles. The summed E-state index contributed by atoms with van der Waals surface area (Å²) in [6.45, 7) is 2.98. The number of hydrogen-bond donors (Lipinski definition) is 1. The molecule has 5 nitrogen and oxygen atoms in total. The molecule has 27 heavy (non-hydrogen) atoms. The molecule has 2 rings (SSSR count). The molecule has 0 unspecified atom stereocenters. The molecule has 0 atom stereocenters. The van der Waals surface area contributed by atoms with Crippen LogP contribution in [0, 0.1) is 0 Å². The van der Waals surface area contributed by atoms with Gasteiger partial charge in [-0.1, -0.05) is 51.9 Å². The van der Waals surface area contributed by atoms with Gasteiger partial charge in [0.15, 0.2) is 5.82 Å². The van der Waals surface area contributed by atoms with Gasteiger partial charge in [0.2, 0.25) is 0 Å². The van der Waals surface area contributed by atoms with Gasteiger partial charge in [0.05, 0.1) is 12.2 Å². The van der Waals surface area contributed by atoms with E-state index >= 15 is 0 Å². The topological polar surface area (TPSA) is 72.3 Å². The summed E-state index contributed by atoms with van der Waals surface area (Å²) in [6.07, 6.45) is 12.9. The van der Waals surface area contributed by atoms with Crippen LogP contribution in [0.1, 0.15) is 68.6 Å². The van der Waals surface area contributed by atoms with Crippen molar-refractivity contribution >= 4 is 18.4 Å². The van der Waals surface area contributed by atoms with Gasteiger partial charge in [0, 0.05) is 18.0 Å². The van der Waals surface area contributed by atoms with Gasteiger partial charge in [0.1, 0.15) is 5.75 Å². The van der Waals surface area contributed by atoms with Crippen LogP contribution < -0.4 is 4.74 Å². The van der Waals surface area contributed by atoms with E-state index in [4.69, 9.17) is 9.84 Å². The van der Waals surface area contributed by atoms with E-state index in [1.165, 1.54) is 57.3 Å². The van der Waals surface area contributed by atoms with Crippen molar-refractivity contribution < 1.29 is 14.6 Å². The number of rotatable bonds is 12. The summed E-state index contributed by atoms with van der Waals surface area (Å²) in [5.41, 5.74) is 0.917. The first-order valence-electron chi connectivity index (χ1n) is 9.49. The molecule has 148 valence electrons. The number of nitrogens with zero attached hydrogens (tertiary/aromatic N) is 2. The summed E-state index contributed by atoms with van der Waals surface area (Å²) in [5.74, 6) is 0.310. The minimum absolute atomic E-state index is 0. The first-order chi connectivity index (χ1) is 12.7. The maximum Gasteiger partial charge on any atom is 0.338 e. The molecular weight excluding hydrogens is 364 g/mol. The average Bonchev–Trinajstić information content (AvgIpc) is 2.67. The van der Waals surface area contributed by atoms with Gasteiger partial charge < -0.3 is 9.84 Å². The number of carboxylic acids is 1. The van der Waals surface area contributed by atoms with Crippen LogP contribution in [0.15, 0.2) is 36.7 Å². The fourth-order valence-corrected chi connectivity index (χ4v) is 2.71. The summed E-state index contributed by atoms with van der Waals surface area (Å²) in [6, 6.07) is 7.57. The molecule has 0 saturated heterocycles. The summed E-state index contributed by atoms with van der Waals surface area (Å²) in [7, 11) is 0. The summed E-state index contributed by atoms with van der Waals surface area (Å²) in [4.78, 5) is 19.0. The third-order valence-electron chi connectivity index (χ3n) is 4.28. The Morgan fingerprint density at radius 1 is 0.926 bits per heavy atom. The predicted molar refractivity (Wildman–Crippen MR) is 110 cm³/mol. The lowest BCUT2D eigenvalue weighted by molar-refractivity contribution is 0.0696. The Balaban J connectivity index is 0.00000364. The largest absolute Gasteiger partial charge is 0.494 e. The summed E-state index contributed by atoms with van der Waals surface area (Å²) in [5, 5.41) is 8.87. The van der Waals surface area contributed by atoms with Crippen LogP contribution in [0.5, 0.6) is 5.75 Å². The average molecular weight is 393 g/mol. The Morgan fingerprint density at radius 3 is 2.04 bits per heavy atom. The van der Waals surface area contributed by atoms with Gasteiger partial charge in [-0.25, -0.2) is 14.8 Å². The Bertz CT molecular complexity index is 660. The van der Waals surface area contributed by atoms with E-state index in [0.29, 0.717) is 5.82 Å². The molecule has 0 aliphatic rings. The van der Waals surface area contributed by atoms with Crippen LogP contribution in [0.2, 0.25) is 0 Å². The molecule has 0 amide bonds. The highest BCUT2D eigenvalue weighted by Crippen LogP contribution is 2.19. The van der Waals surface area contributed by atoms with Crippen molar-refractivity contribution in [3.63, 3.8) is 0 Å². The molecule has 0 saturated carbocycles. The van der Waals surface area contributed by atoms with E-state index in [1.54, 1.807) is 0 Å². The second-order valence-electron chi connectivity index (χ2n) is 6.45. The molecule has 1 heterocycles. The van der Waals surface area contributed by atoms with Gasteiger partial charge in [-0.3, -0.25) is 0 Å². The number of carbonyl (C=O) groups is 1. The van der Waals surface area contributed by atoms with Crippen LogP contribution in [0.25, 0.3) is 11.4 Å². The SMILES string of the molecule is CCCCCCCCCCOc1ccc(-c2ncc(C(=O)O)cn2)cc1.Cl. The minimum atomic E-state index is -1.03. The molecule has 0 radical (unpaired) electrons. The second-order valence-corrected chi connectivity index (χ2v) is 6.45.